The standard InChI is InChI=1S/C24H26N2O4S/c1-18-16-19(2)26(17-22(27)25-15-9-12-20-10-5-3-6-11-20)24(28)23(18)31(29,30)21-13-7-4-8-14-21/h3-8,10-11,13-14,16H,9,12,15,17H2,1-2H3,(H,25,27). The predicted molar refractivity (Wildman–Crippen MR) is 120 cm³/mol. The molecule has 0 spiro atoms. The van der Waals surface area contributed by atoms with Gasteiger partial charge < -0.3 is 9.88 Å². The van der Waals surface area contributed by atoms with Gasteiger partial charge in [0, 0.05) is 12.2 Å². The van der Waals surface area contributed by atoms with Crippen LogP contribution in [0.15, 0.2) is 81.3 Å². The summed E-state index contributed by atoms with van der Waals surface area (Å²) in [5, 5.41) is 2.81. The molecule has 1 N–H and O–H groups in total. The SMILES string of the molecule is Cc1cc(C)n(CC(=O)NCCCc2ccccc2)c(=O)c1S(=O)(=O)c1ccccc1. The van der Waals surface area contributed by atoms with Crippen LogP contribution < -0.4 is 10.9 Å². The highest BCUT2D eigenvalue weighted by atomic mass is 32.2. The zero-order valence-corrected chi connectivity index (χ0v) is 18.5. The largest absolute Gasteiger partial charge is 0.355 e. The third-order valence-electron chi connectivity index (χ3n) is 5.08. The van der Waals surface area contributed by atoms with E-state index < -0.39 is 15.4 Å². The molecule has 31 heavy (non-hydrogen) atoms. The first-order valence-electron chi connectivity index (χ1n) is 10.1. The fraction of sp³-hybridized carbons (Fsp3) is 0.250. The normalized spacial score (nSPS) is 11.3. The van der Waals surface area contributed by atoms with Crippen LogP contribution in [0.2, 0.25) is 0 Å². The summed E-state index contributed by atoms with van der Waals surface area (Å²) in [4.78, 5) is 25.3. The predicted octanol–water partition coefficient (Wildman–Crippen LogP) is 3.05. The van der Waals surface area contributed by atoms with E-state index in [4.69, 9.17) is 0 Å². The van der Waals surface area contributed by atoms with Crippen LogP contribution in [0.4, 0.5) is 0 Å². The van der Waals surface area contributed by atoms with Crippen molar-refractivity contribution in [3.63, 3.8) is 0 Å². The summed E-state index contributed by atoms with van der Waals surface area (Å²) >= 11 is 0. The topological polar surface area (TPSA) is 85.2 Å². The van der Waals surface area contributed by atoms with E-state index in [2.05, 4.69) is 5.32 Å². The van der Waals surface area contributed by atoms with Gasteiger partial charge in [-0.15, -0.1) is 0 Å². The molecule has 6 nitrogen and oxygen atoms in total. The van der Waals surface area contributed by atoms with Crippen molar-refractivity contribution < 1.29 is 13.2 Å². The van der Waals surface area contributed by atoms with E-state index in [-0.39, 0.29) is 22.2 Å². The van der Waals surface area contributed by atoms with Crippen LogP contribution in [-0.4, -0.2) is 25.4 Å². The molecule has 0 saturated carbocycles. The number of hydrogen-bond donors (Lipinski definition) is 1. The third kappa shape index (κ3) is 5.30. The maximum atomic E-state index is 13.1. The van der Waals surface area contributed by atoms with Crippen molar-refractivity contribution in [3.05, 3.63) is 93.9 Å². The molecule has 0 saturated heterocycles. The molecular formula is C24H26N2O4S. The summed E-state index contributed by atoms with van der Waals surface area (Å²) in [6.07, 6.45) is 1.61. The number of nitrogens with zero attached hydrogens (tertiary/aromatic N) is 1. The zero-order valence-electron chi connectivity index (χ0n) is 17.7. The number of aromatic nitrogens is 1. The minimum absolute atomic E-state index is 0.0518. The number of aryl methyl sites for hydroxylation is 3. The molecule has 7 heteroatoms. The Labute approximate surface area is 182 Å². The van der Waals surface area contributed by atoms with Crippen molar-refractivity contribution >= 4 is 15.7 Å². The lowest BCUT2D eigenvalue weighted by molar-refractivity contribution is -0.121. The molecule has 0 atom stereocenters. The third-order valence-corrected chi connectivity index (χ3v) is 7.01. The Bertz CT molecular complexity index is 1220. The number of benzene rings is 2. The molecule has 3 rings (SSSR count). The number of nitrogens with one attached hydrogen (secondary N) is 1. The Kier molecular flexibility index (Phi) is 7.07. The van der Waals surface area contributed by atoms with Gasteiger partial charge in [0.05, 0.1) is 4.90 Å². The summed E-state index contributed by atoms with van der Waals surface area (Å²) in [6.45, 7) is 3.53. The maximum Gasteiger partial charge on any atom is 0.270 e. The fourth-order valence-corrected chi connectivity index (χ4v) is 5.09. The van der Waals surface area contributed by atoms with Gasteiger partial charge in [0.25, 0.3) is 5.56 Å². The van der Waals surface area contributed by atoms with Crippen molar-refractivity contribution in [2.75, 3.05) is 6.54 Å². The zero-order chi connectivity index (χ0) is 22.4. The van der Waals surface area contributed by atoms with E-state index in [1.165, 1.54) is 22.3 Å². The highest BCUT2D eigenvalue weighted by Gasteiger charge is 2.26. The Hall–Kier alpha value is -3.19. The summed E-state index contributed by atoms with van der Waals surface area (Å²) in [5.41, 5.74) is 1.42. The minimum atomic E-state index is -3.99. The van der Waals surface area contributed by atoms with Crippen molar-refractivity contribution in [1.82, 2.24) is 9.88 Å². The van der Waals surface area contributed by atoms with E-state index in [0.29, 0.717) is 17.8 Å². The molecule has 1 aromatic heterocycles. The first-order valence-corrected chi connectivity index (χ1v) is 11.6. The van der Waals surface area contributed by atoms with Crippen LogP contribution >= 0.6 is 0 Å². The highest BCUT2D eigenvalue weighted by molar-refractivity contribution is 7.91. The van der Waals surface area contributed by atoms with Gasteiger partial charge >= 0.3 is 0 Å². The van der Waals surface area contributed by atoms with Crippen LogP contribution in [-0.2, 0) is 27.6 Å². The molecule has 0 aliphatic rings. The average Bonchev–Trinajstić information content (AvgIpc) is 2.75. The maximum absolute atomic E-state index is 13.1. The summed E-state index contributed by atoms with van der Waals surface area (Å²) in [6, 6.07) is 19.4. The molecule has 0 fully saturated rings. The van der Waals surface area contributed by atoms with Gasteiger partial charge in [-0.25, -0.2) is 8.42 Å². The van der Waals surface area contributed by atoms with Crippen LogP contribution in [0.5, 0.6) is 0 Å². The molecular weight excluding hydrogens is 412 g/mol. The number of rotatable bonds is 8. The molecule has 0 aliphatic carbocycles. The first-order chi connectivity index (χ1) is 14.8. The number of sulfone groups is 1. The molecule has 0 unspecified atom stereocenters. The molecule has 3 aromatic rings. The fourth-order valence-electron chi connectivity index (χ4n) is 3.51. The van der Waals surface area contributed by atoms with E-state index in [9.17, 15) is 18.0 Å². The Morgan fingerprint density at radius 2 is 1.58 bits per heavy atom. The number of hydrogen-bond acceptors (Lipinski definition) is 4. The van der Waals surface area contributed by atoms with E-state index in [1.807, 2.05) is 30.3 Å². The first kappa shape index (κ1) is 22.5. The van der Waals surface area contributed by atoms with Crippen LogP contribution in [0.1, 0.15) is 23.2 Å². The number of pyridine rings is 1. The monoisotopic (exact) mass is 438 g/mol. The van der Waals surface area contributed by atoms with Crippen molar-refractivity contribution in [2.45, 2.75) is 43.0 Å². The van der Waals surface area contributed by atoms with Crippen molar-refractivity contribution in [1.29, 1.82) is 0 Å². The van der Waals surface area contributed by atoms with E-state index >= 15 is 0 Å². The number of amides is 1. The minimum Gasteiger partial charge on any atom is -0.355 e. The molecule has 162 valence electrons. The Morgan fingerprint density at radius 1 is 0.968 bits per heavy atom. The molecule has 1 heterocycles. The number of carbonyl (C=O) groups excluding carboxylic acids is 1. The molecule has 0 bridgehead atoms. The molecule has 0 aliphatic heterocycles. The van der Waals surface area contributed by atoms with Crippen LogP contribution in [0.25, 0.3) is 0 Å². The molecule has 1 amide bonds. The van der Waals surface area contributed by atoms with Gasteiger partial charge in [0.15, 0.2) is 0 Å². The van der Waals surface area contributed by atoms with Crippen molar-refractivity contribution in [3.8, 4) is 0 Å². The lowest BCUT2D eigenvalue weighted by Crippen LogP contribution is -2.36. The lowest BCUT2D eigenvalue weighted by Gasteiger charge is -2.15. The quantitative estimate of drug-likeness (QED) is 0.548. The van der Waals surface area contributed by atoms with E-state index in [0.717, 1.165) is 12.8 Å². The second kappa shape index (κ2) is 9.75. The molecule has 2 aromatic carbocycles. The summed E-state index contributed by atoms with van der Waals surface area (Å²) in [5.74, 6) is -0.329. The van der Waals surface area contributed by atoms with Crippen LogP contribution in [0, 0.1) is 13.8 Å². The van der Waals surface area contributed by atoms with Gasteiger partial charge in [-0.05, 0) is 56.0 Å². The van der Waals surface area contributed by atoms with Crippen LogP contribution in [0.3, 0.4) is 0 Å². The second-order valence-electron chi connectivity index (χ2n) is 7.44. The van der Waals surface area contributed by atoms with Gasteiger partial charge in [0.1, 0.15) is 11.4 Å². The number of carbonyl (C=O) groups is 1. The van der Waals surface area contributed by atoms with E-state index in [1.54, 1.807) is 38.1 Å². The molecule has 0 radical (unpaired) electrons. The van der Waals surface area contributed by atoms with Gasteiger partial charge in [-0.1, -0.05) is 48.5 Å². The average molecular weight is 439 g/mol. The smallest absolute Gasteiger partial charge is 0.270 e. The van der Waals surface area contributed by atoms with Gasteiger partial charge in [-0.3, -0.25) is 9.59 Å². The lowest BCUT2D eigenvalue weighted by atomic mass is 10.1. The highest BCUT2D eigenvalue weighted by Crippen LogP contribution is 2.21. The summed E-state index contributed by atoms with van der Waals surface area (Å²) < 4.78 is 27.3. The van der Waals surface area contributed by atoms with Crippen molar-refractivity contribution in [2.24, 2.45) is 0 Å². The van der Waals surface area contributed by atoms with Gasteiger partial charge in [-0.2, -0.15) is 0 Å². The Balaban J connectivity index is 1.75. The second-order valence-corrected chi connectivity index (χ2v) is 9.33. The summed E-state index contributed by atoms with van der Waals surface area (Å²) in [7, 11) is -3.99. The van der Waals surface area contributed by atoms with Gasteiger partial charge in [0.2, 0.25) is 15.7 Å². The Morgan fingerprint density at radius 3 is 2.23 bits per heavy atom.